The largest absolute Gasteiger partial charge is 0.338 e. The van der Waals surface area contributed by atoms with E-state index in [-0.39, 0.29) is 11.8 Å². The van der Waals surface area contributed by atoms with Crippen LogP contribution in [0.15, 0.2) is 24.5 Å². The highest BCUT2D eigenvalue weighted by atomic mass is 16.2. The monoisotopic (exact) mass is 204 g/mol. The van der Waals surface area contributed by atoms with E-state index in [9.17, 15) is 9.59 Å². The normalized spacial score (nSPS) is 20.7. The molecule has 1 aliphatic heterocycles. The molecule has 2 rings (SSSR count). The van der Waals surface area contributed by atoms with E-state index >= 15 is 0 Å². The van der Waals surface area contributed by atoms with E-state index < -0.39 is 0 Å². The molecule has 1 fully saturated rings. The van der Waals surface area contributed by atoms with Gasteiger partial charge in [-0.05, 0) is 11.6 Å². The number of amides is 1. The van der Waals surface area contributed by atoms with Gasteiger partial charge in [0.2, 0.25) is 5.91 Å². The molecule has 4 nitrogen and oxygen atoms in total. The zero-order valence-corrected chi connectivity index (χ0v) is 8.30. The molecule has 1 unspecified atom stereocenters. The van der Waals surface area contributed by atoms with Crippen LogP contribution < -0.4 is 0 Å². The van der Waals surface area contributed by atoms with E-state index in [1.807, 2.05) is 12.1 Å². The molecule has 0 saturated carbocycles. The van der Waals surface area contributed by atoms with Crippen LogP contribution in [0.5, 0.6) is 0 Å². The third kappa shape index (κ3) is 2.21. The summed E-state index contributed by atoms with van der Waals surface area (Å²) in [6.07, 6.45) is 4.65. The molecule has 2 heterocycles. The van der Waals surface area contributed by atoms with Crippen molar-refractivity contribution in [3.05, 3.63) is 30.1 Å². The van der Waals surface area contributed by atoms with Gasteiger partial charge in [0.1, 0.15) is 6.29 Å². The van der Waals surface area contributed by atoms with Crippen molar-refractivity contribution in [2.24, 2.45) is 5.92 Å². The van der Waals surface area contributed by atoms with E-state index in [0.29, 0.717) is 19.5 Å². The van der Waals surface area contributed by atoms with Crippen molar-refractivity contribution in [1.29, 1.82) is 0 Å². The lowest BCUT2D eigenvalue weighted by molar-refractivity contribution is -0.128. The summed E-state index contributed by atoms with van der Waals surface area (Å²) < 4.78 is 0. The Morgan fingerprint density at radius 3 is 3.07 bits per heavy atom. The molecule has 0 N–H and O–H groups in total. The molecule has 1 atom stereocenters. The van der Waals surface area contributed by atoms with Crippen LogP contribution in [0.1, 0.15) is 12.0 Å². The highest BCUT2D eigenvalue weighted by Crippen LogP contribution is 2.17. The van der Waals surface area contributed by atoms with Gasteiger partial charge in [-0.15, -0.1) is 0 Å². The Morgan fingerprint density at radius 1 is 1.60 bits per heavy atom. The molecule has 1 aromatic heterocycles. The molecular formula is C11H12N2O2. The summed E-state index contributed by atoms with van der Waals surface area (Å²) in [5.41, 5.74) is 0.998. The number of nitrogens with zero attached hydrogens (tertiary/aromatic N) is 2. The summed E-state index contributed by atoms with van der Waals surface area (Å²) >= 11 is 0. The summed E-state index contributed by atoms with van der Waals surface area (Å²) in [6, 6.07) is 3.77. The molecule has 0 aromatic carbocycles. The number of rotatable bonds is 3. The number of hydrogen-bond donors (Lipinski definition) is 0. The molecule has 1 aromatic rings. The standard InChI is InChI=1S/C11H12N2O2/c14-8-10-4-11(15)13(7-10)6-9-2-1-3-12-5-9/h1-3,5,8,10H,4,6-7H2. The van der Waals surface area contributed by atoms with Crippen LogP contribution in [-0.2, 0) is 16.1 Å². The van der Waals surface area contributed by atoms with Gasteiger partial charge in [-0.25, -0.2) is 0 Å². The first-order chi connectivity index (χ1) is 7.29. The summed E-state index contributed by atoms with van der Waals surface area (Å²) in [5.74, 6) is -0.0786. The van der Waals surface area contributed by atoms with E-state index in [0.717, 1.165) is 11.8 Å². The highest BCUT2D eigenvalue weighted by molar-refractivity contribution is 5.82. The minimum absolute atomic E-state index is 0.0518. The van der Waals surface area contributed by atoms with Crippen LogP contribution in [0.3, 0.4) is 0 Å². The smallest absolute Gasteiger partial charge is 0.223 e. The first-order valence-corrected chi connectivity index (χ1v) is 4.91. The van der Waals surface area contributed by atoms with Crippen molar-refractivity contribution in [2.45, 2.75) is 13.0 Å². The number of likely N-dealkylation sites (tertiary alicyclic amines) is 1. The van der Waals surface area contributed by atoms with Gasteiger partial charge in [0, 0.05) is 37.8 Å². The Balaban J connectivity index is 2.01. The second-order valence-electron chi connectivity index (χ2n) is 3.74. The lowest BCUT2D eigenvalue weighted by atomic mass is 10.1. The van der Waals surface area contributed by atoms with Gasteiger partial charge in [0.15, 0.2) is 0 Å². The van der Waals surface area contributed by atoms with Crippen molar-refractivity contribution in [1.82, 2.24) is 9.88 Å². The number of carbonyl (C=O) groups is 2. The van der Waals surface area contributed by atoms with Gasteiger partial charge in [-0.2, -0.15) is 0 Å². The van der Waals surface area contributed by atoms with Crippen LogP contribution >= 0.6 is 0 Å². The zero-order valence-electron chi connectivity index (χ0n) is 8.30. The van der Waals surface area contributed by atoms with Crippen molar-refractivity contribution in [2.75, 3.05) is 6.54 Å². The maximum absolute atomic E-state index is 11.5. The summed E-state index contributed by atoms with van der Waals surface area (Å²) in [4.78, 5) is 27.7. The fourth-order valence-corrected chi connectivity index (χ4v) is 1.76. The van der Waals surface area contributed by atoms with Crippen molar-refractivity contribution < 1.29 is 9.59 Å². The van der Waals surface area contributed by atoms with Gasteiger partial charge in [0.25, 0.3) is 0 Å². The molecule has 1 aliphatic rings. The molecule has 1 amide bonds. The topological polar surface area (TPSA) is 50.3 Å². The van der Waals surface area contributed by atoms with E-state index in [1.165, 1.54) is 0 Å². The van der Waals surface area contributed by atoms with Gasteiger partial charge in [-0.3, -0.25) is 9.78 Å². The second-order valence-corrected chi connectivity index (χ2v) is 3.74. The molecule has 4 heteroatoms. The molecule has 0 bridgehead atoms. The third-order valence-electron chi connectivity index (χ3n) is 2.53. The number of hydrogen-bond acceptors (Lipinski definition) is 3. The fourth-order valence-electron chi connectivity index (χ4n) is 1.76. The number of carbonyl (C=O) groups excluding carboxylic acids is 2. The highest BCUT2D eigenvalue weighted by Gasteiger charge is 2.28. The molecular weight excluding hydrogens is 192 g/mol. The van der Waals surface area contributed by atoms with Crippen LogP contribution in [0, 0.1) is 5.92 Å². The first kappa shape index (κ1) is 9.83. The second kappa shape index (κ2) is 4.21. The van der Waals surface area contributed by atoms with Gasteiger partial charge in [-0.1, -0.05) is 6.07 Å². The molecule has 0 aliphatic carbocycles. The van der Waals surface area contributed by atoms with Crippen LogP contribution in [0.2, 0.25) is 0 Å². The molecule has 1 saturated heterocycles. The van der Waals surface area contributed by atoms with Crippen LogP contribution in [-0.4, -0.2) is 28.6 Å². The lowest BCUT2D eigenvalue weighted by Gasteiger charge is -2.15. The Labute approximate surface area is 87.9 Å². The quantitative estimate of drug-likeness (QED) is 0.678. The minimum Gasteiger partial charge on any atom is -0.338 e. The fraction of sp³-hybridized carbons (Fsp3) is 0.364. The van der Waals surface area contributed by atoms with Gasteiger partial charge >= 0.3 is 0 Å². The van der Waals surface area contributed by atoms with E-state index in [2.05, 4.69) is 4.98 Å². The Kier molecular flexibility index (Phi) is 2.76. The van der Waals surface area contributed by atoms with Gasteiger partial charge in [0.05, 0.1) is 0 Å². The van der Waals surface area contributed by atoms with Crippen molar-refractivity contribution >= 4 is 12.2 Å². The summed E-state index contributed by atoms with van der Waals surface area (Å²) in [7, 11) is 0. The zero-order chi connectivity index (χ0) is 10.7. The number of pyridine rings is 1. The van der Waals surface area contributed by atoms with Crippen molar-refractivity contribution in [3.63, 3.8) is 0 Å². The molecule has 78 valence electrons. The minimum atomic E-state index is -0.130. The number of aldehydes is 1. The molecule has 0 spiro atoms. The average Bonchev–Trinajstić information content (AvgIpc) is 2.61. The Hall–Kier alpha value is -1.71. The Bertz CT molecular complexity index is 364. The summed E-state index contributed by atoms with van der Waals surface area (Å²) in [6.45, 7) is 1.09. The van der Waals surface area contributed by atoms with Crippen LogP contribution in [0.4, 0.5) is 0 Å². The lowest BCUT2D eigenvalue weighted by Crippen LogP contribution is -2.24. The third-order valence-corrected chi connectivity index (χ3v) is 2.53. The van der Waals surface area contributed by atoms with Crippen molar-refractivity contribution in [3.8, 4) is 0 Å². The summed E-state index contributed by atoms with van der Waals surface area (Å²) in [5, 5.41) is 0. The van der Waals surface area contributed by atoms with Crippen LogP contribution in [0.25, 0.3) is 0 Å². The Morgan fingerprint density at radius 2 is 2.47 bits per heavy atom. The molecule has 15 heavy (non-hydrogen) atoms. The predicted molar refractivity (Wildman–Crippen MR) is 53.8 cm³/mol. The van der Waals surface area contributed by atoms with Gasteiger partial charge < -0.3 is 9.69 Å². The number of aromatic nitrogens is 1. The predicted octanol–water partition coefficient (Wildman–Crippen LogP) is 0.629. The molecule has 0 radical (unpaired) electrons. The maximum atomic E-state index is 11.5. The maximum Gasteiger partial charge on any atom is 0.223 e. The van der Waals surface area contributed by atoms with E-state index in [1.54, 1.807) is 17.3 Å². The average molecular weight is 204 g/mol. The van der Waals surface area contributed by atoms with E-state index in [4.69, 9.17) is 0 Å². The SMILES string of the molecule is O=CC1CC(=O)N(Cc2cccnc2)C1. The first-order valence-electron chi connectivity index (χ1n) is 4.91.